The molecular weight excluding hydrogens is 396 g/mol. The van der Waals surface area contributed by atoms with Crippen molar-refractivity contribution in [2.75, 3.05) is 19.0 Å². The highest BCUT2D eigenvalue weighted by atomic mass is 16.5. The summed E-state index contributed by atoms with van der Waals surface area (Å²) in [7, 11) is 1.52. The first-order chi connectivity index (χ1) is 15.0. The maximum Gasteiger partial charge on any atom is 0.244 e. The number of likely N-dealkylation sites (tertiary alicyclic amines) is 1. The van der Waals surface area contributed by atoms with Gasteiger partial charge >= 0.3 is 0 Å². The first-order valence-electron chi connectivity index (χ1n) is 10.4. The number of rotatable bonds is 4. The second-order valence-electron chi connectivity index (χ2n) is 8.46. The summed E-state index contributed by atoms with van der Waals surface area (Å²) >= 11 is 0. The average molecular weight is 416 g/mol. The SMILES string of the molecule is COc1cc2c(cc1NC(=O)CN1C(=O)[C@@H]3[C@H](C1=O)[C@@H]1C=C[C@H]3C1)oc1ccccc12. The van der Waals surface area contributed by atoms with Crippen LogP contribution in [0.2, 0.25) is 0 Å². The van der Waals surface area contributed by atoms with Crippen molar-refractivity contribution in [3.63, 3.8) is 0 Å². The van der Waals surface area contributed by atoms with Crippen LogP contribution in [-0.4, -0.2) is 36.3 Å². The van der Waals surface area contributed by atoms with Gasteiger partial charge < -0.3 is 14.5 Å². The van der Waals surface area contributed by atoms with Crippen molar-refractivity contribution >= 4 is 45.3 Å². The lowest BCUT2D eigenvalue weighted by molar-refractivity contribution is -0.143. The standard InChI is InChI=1S/C24H20N2O5/c1-30-19-9-15-14-4-2-3-5-17(14)31-18(15)10-16(19)25-20(27)11-26-23(28)21-12-6-7-13(8-12)22(21)24(26)29/h2-7,9-10,12-13,21-22H,8,11H2,1H3,(H,25,27)/t12-,13+,21-,22+. The van der Waals surface area contributed by atoms with E-state index in [4.69, 9.17) is 9.15 Å². The number of anilines is 1. The molecule has 0 unspecified atom stereocenters. The smallest absolute Gasteiger partial charge is 0.244 e. The van der Waals surface area contributed by atoms with Crippen LogP contribution in [0.4, 0.5) is 5.69 Å². The van der Waals surface area contributed by atoms with E-state index in [2.05, 4.69) is 5.32 Å². The van der Waals surface area contributed by atoms with E-state index in [-0.39, 0.29) is 42.0 Å². The number of hydrogen-bond acceptors (Lipinski definition) is 5. The van der Waals surface area contributed by atoms with E-state index in [1.165, 1.54) is 7.11 Å². The number of allylic oxidation sites excluding steroid dienone is 2. The number of para-hydroxylation sites is 1. The van der Waals surface area contributed by atoms with Crippen LogP contribution in [0.15, 0.2) is 53.0 Å². The topological polar surface area (TPSA) is 88.9 Å². The molecule has 1 N–H and O–H groups in total. The lowest BCUT2D eigenvalue weighted by atomic mass is 9.85. The second kappa shape index (κ2) is 6.44. The minimum atomic E-state index is -0.448. The molecule has 2 heterocycles. The maximum absolute atomic E-state index is 12.8. The van der Waals surface area contributed by atoms with Crippen LogP contribution in [0, 0.1) is 23.7 Å². The number of nitrogens with one attached hydrogen (secondary N) is 1. The predicted molar refractivity (Wildman–Crippen MR) is 113 cm³/mol. The Bertz CT molecular complexity index is 1280. The van der Waals surface area contributed by atoms with Gasteiger partial charge in [-0.25, -0.2) is 0 Å². The van der Waals surface area contributed by atoms with Gasteiger partial charge in [0.2, 0.25) is 17.7 Å². The number of carbonyl (C=O) groups excluding carboxylic acids is 3. The summed E-state index contributed by atoms with van der Waals surface area (Å²) in [6.45, 7) is -0.300. The average Bonchev–Trinajstić information content (AvgIpc) is 3.52. The van der Waals surface area contributed by atoms with Crippen LogP contribution in [0.1, 0.15) is 6.42 Å². The Morgan fingerprint density at radius 3 is 2.48 bits per heavy atom. The van der Waals surface area contributed by atoms with Gasteiger partial charge in [0.1, 0.15) is 23.5 Å². The largest absolute Gasteiger partial charge is 0.495 e. The molecule has 6 rings (SSSR count). The number of fused-ring (bicyclic) bond motifs is 8. The van der Waals surface area contributed by atoms with Gasteiger partial charge in [0, 0.05) is 16.8 Å². The number of furan rings is 1. The Balaban J connectivity index is 1.26. The van der Waals surface area contributed by atoms with E-state index in [0.29, 0.717) is 17.0 Å². The minimum absolute atomic E-state index is 0.120. The number of nitrogens with zero attached hydrogens (tertiary/aromatic N) is 1. The van der Waals surface area contributed by atoms with E-state index in [0.717, 1.165) is 27.7 Å². The van der Waals surface area contributed by atoms with Gasteiger partial charge in [-0.3, -0.25) is 19.3 Å². The molecule has 2 fully saturated rings. The summed E-state index contributed by atoms with van der Waals surface area (Å²) in [6, 6.07) is 11.2. The van der Waals surface area contributed by atoms with Gasteiger partial charge in [-0.1, -0.05) is 30.4 Å². The van der Waals surface area contributed by atoms with Crippen molar-refractivity contribution in [1.29, 1.82) is 0 Å². The predicted octanol–water partition coefficient (Wildman–Crippen LogP) is 3.34. The normalized spacial score (nSPS) is 26.3. The quantitative estimate of drug-likeness (QED) is 0.521. The Morgan fingerprint density at radius 2 is 1.77 bits per heavy atom. The van der Waals surface area contributed by atoms with Crippen molar-refractivity contribution in [2.45, 2.75) is 6.42 Å². The lowest BCUT2D eigenvalue weighted by Gasteiger charge is -2.17. The molecule has 2 aromatic carbocycles. The fourth-order valence-electron chi connectivity index (χ4n) is 5.47. The molecule has 1 saturated heterocycles. The van der Waals surface area contributed by atoms with Gasteiger partial charge in [0.25, 0.3) is 0 Å². The molecule has 0 spiro atoms. The third-order valence-electron chi connectivity index (χ3n) is 6.84. The second-order valence-corrected chi connectivity index (χ2v) is 8.46. The Hall–Kier alpha value is -3.61. The van der Waals surface area contributed by atoms with Gasteiger partial charge in [0.05, 0.1) is 24.6 Å². The Morgan fingerprint density at radius 1 is 1.06 bits per heavy atom. The summed E-state index contributed by atoms with van der Waals surface area (Å²) < 4.78 is 11.4. The van der Waals surface area contributed by atoms with Crippen LogP contribution in [0.5, 0.6) is 5.75 Å². The van der Waals surface area contributed by atoms with Gasteiger partial charge in [0.15, 0.2) is 0 Å². The number of ether oxygens (including phenoxy) is 1. The van der Waals surface area contributed by atoms with Gasteiger partial charge in [-0.2, -0.15) is 0 Å². The highest BCUT2D eigenvalue weighted by Gasteiger charge is 2.59. The molecule has 2 aliphatic carbocycles. The number of carbonyl (C=O) groups is 3. The Labute approximate surface area is 177 Å². The molecule has 3 aromatic rings. The van der Waals surface area contributed by atoms with E-state index >= 15 is 0 Å². The van der Waals surface area contributed by atoms with Crippen molar-refractivity contribution in [3.05, 3.63) is 48.6 Å². The van der Waals surface area contributed by atoms with Crippen LogP contribution >= 0.6 is 0 Å². The molecule has 4 atom stereocenters. The zero-order valence-corrected chi connectivity index (χ0v) is 16.8. The minimum Gasteiger partial charge on any atom is -0.495 e. The summed E-state index contributed by atoms with van der Waals surface area (Å²) in [5.41, 5.74) is 1.79. The third-order valence-corrected chi connectivity index (χ3v) is 6.84. The summed E-state index contributed by atoms with van der Waals surface area (Å²) in [6.07, 6.45) is 4.93. The maximum atomic E-state index is 12.8. The molecule has 2 bridgehead atoms. The zero-order chi connectivity index (χ0) is 21.3. The number of benzene rings is 2. The third kappa shape index (κ3) is 2.55. The monoisotopic (exact) mass is 416 g/mol. The fraction of sp³-hybridized carbons (Fsp3) is 0.292. The molecule has 156 valence electrons. The van der Waals surface area contributed by atoms with E-state index in [1.807, 2.05) is 42.5 Å². The van der Waals surface area contributed by atoms with Crippen molar-refractivity contribution < 1.29 is 23.5 Å². The first-order valence-corrected chi connectivity index (χ1v) is 10.4. The number of hydrogen-bond donors (Lipinski definition) is 1. The molecule has 31 heavy (non-hydrogen) atoms. The van der Waals surface area contributed by atoms with Crippen LogP contribution in [-0.2, 0) is 14.4 Å². The Kier molecular flexibility index (Phi) is 3.78. The molecule has 3 amide bonds. The molecular formula is C24H20N2O5. The van der Waals surface area contributed by atoms with Crippen molar-refractivity contribution in [3.8, 4) is 5.75 Å². The first kappa shape index (κ1) is 18.2. The molecule has 1 aliphatic heterocycles. The van der Waals surface area contributed by atoms with Crippen LogP contribution in [0.3, 0.4) is 0 Å². The number of methoxy groups -OCH3 is 1. The lowest BCUT2D eigenvalue weighted by Crippen LogP contribution is -2.39. The fourth-order valence-corrected chi connectivity index (χ4v) is 5.47. The summed E-state index contributed by atoms with van der Waals surface area (Å²) in [5.74, 6) is -0.816. The molecule has 7 heteroatoms. The molecule has 0 radical (unpaired) electrons. The van der Waals surface area contributed by atoms with Crippen molar-refractivity contribution in [1.82, 2.24) is 4.90 Å². The van der Waals surface area contributed by atoms with Crippen molar-refractivity contribution in [2.24, 2.45) is 23.7 Å². The van der Waals surface area contributed by atoms with E-state index in [9.17, 15) is 14.4 Å². The highest BCUT2D eigenvalue weighted by molar-refractivity contribution is 6.11. The molecule has 3 aliphatic rings. The van der Waals surface area contributed by atoms with Crippen LogP contribution in [0.25, 0.3) is 21.9 Å². The molecule has 1 aromatic heterocycles. The van der Waals surface area contributed by atoms with Crippen LogP contribution < -0.4 is 10.1 Å². The highest BCUT2D eigenvalue weighted by Crippen LogP contribution is 2.52. The summed E-state index contributed by atoms with van der Waals surface area (Å²) in [4.78, 5) is 39.5. The van der Waals surface area contributed by atoms with Gasteiger partial charge in [-0.05, 0) is 30.4 Å². The van der Waals surface area contributed by atoms with E-state index in [1.54, 1.807) is 6.07 Å². The van der Waals surface area contributed by atoms with E-state index < -0.39 is 5.91 Å². The number of imide groups is 1. The summed E-state index contributed by atoms with van der Waals surface area (Å²) in [5, 5.41) is 4.62. The van der Waals surface area contributed by atoms with Gasteiger partial charge in [-0.15, -0.1) is 0 Å². The molecule has 7 nitrogen and oxygen atoms in total. The number of amides is 3. The molecule has 1 saturated carbocycles. The zero-order valence-electron chi connectivity index (χ0n) is 16.8.